The van der Waals surface area contributed by atoms with Gasteiger partial charge in [0.05, 0.1) is 23.0 Å². The highest BCUT2D eigenvalue weighted by Crippen LogP contribution is 2.22. The maximum atomic E-state index is 12.9. The Bertz CT molecular complexity index is 1390. The lowest BCUT2D eigenvalue weighted by atomic mass is 10.1. The zero-order valence-corrected chi connectivity index (χ0v) is 20.8. The van der Waals surface area contributed by atoms with Gasteiger partial charge in [0.25, 0.3) is 11.8 Å². The van der Waals surface area contributed by atoms with Crippen LogP contribution in [0.3, 0.4) is 0 Å². The second-order valence-electron chi connectivity index (χ2n) is 8.75. The highest BCUT2D eigenvalue weighted by Gasteiger charge is 2.20. The second-order valence-corrected chi connectivity index (χ2v) is 9.53. The fourth-order valence-electron chi connectivity index (χ4n) is 4.12. The van der Waals surface area contributed by atoms with Gasteiger partial charge in [0.15, 0.2) is 11.5 Å². The molecule has 2 aromatic heterocycles. The monoisotopic (exact) mass is 514 g/mol. The van der Waals surface area contributed by atoms with E-state index in [4.69, 9.17) is 5.73 Å². The van der Waals surface area contributed by atoms with Crippen LogP contribution >= 0.6 is 11.5 Å². The van der Waals surface area contributed by atoms with Crippen LogP contribution in [-0.4, -0.2) is 50.5 Å². The molecule has 0 radical (unpaired) electrons. The number of anilines is 1. The molecule has 4 aromatic rings. The van der Waals surface area contributed by atoms with Gasteiger partial charge in [-0.15, -0.1) is 5.10 Å². The van der Waals surface area contributed by atoms with Gasteiger partial charge in [-0.1, -0.05) is 40.9 Å². The lowest BCUT2D eigenvalue weighted by Gasteiger charge is -2.23. The summed E-state index contributed by atoms with van der Waals surface area (Å²) in [6, 6.07) is 15.0. The summed E-state index contributed by atoms with van der Waals surface area (Å²) in [7, 11) is 0. The van der Waals surface area contributed by atoms with Gasteiger partial charge in [-0.05, 0) is 54.2 Å². The molecule has 0 spiro atoms. The Kier molecular flexibility index (Phi) is 7.43. The molecule has 2 amide bonds. The molecule has 1 saturated heterocycles. The van der Waals surface area contributed by atoms with E-state index in [2.05, 4.69) is 35.5 Å². The predicted molar refractivity (Wildman–Crippen MR) is 142 cm³/mol. The minimum atomic E-state index is -0.355. The van der Waals surface area contributed by atoms with Crippen molar-refractivity contribution in [3.05, 3.63) is 77.7 Å². The third-order valence-corrected chi connectivity index (χ3v) is 6.84. The van der Waals surface area contributed by atoms with Gasteiger partial charge in [-0.2, -0.15) is 0 Å². The largest absolute Gasteiger partial charge is 0.382 e. The Labute approximate surface area is 217 Å². The molecular weight excluding hydrogens is 488 g/mol. The Morgan fingerprint density at radius 3 is 2.70 bits per heavy atom. The number of rotatable bonds is 7. The number of amides is 2. The first kappa shape index (κ1) is 24.5. The van der Waals surface area contributed by atoms with E-state index in [0.717, 1.165) is 35.4 Å². The molecule has 5 rings (SSSR count). The molecule has 1 aliphatic rings. The molecule has 1 atom stereocenters. The summed E-state index contributed by atoms with van der Waals surface area (Å²) in [5.41, 5.74) is 9.65. The standard InChI is InChI=1S/C26H26N8O2S/c27-24-23(26(36)32-20-5-2-10-28-13-20)33-21(14-29-24)18-3-1-4-19(11-18)25(35)30-12-16-6-8-17(9-7-16)22-15-31-34-37-22/h1,3-4,6-9,11,14-15,20,28H,2,5,10,12-13H2,(H2,27,29)(H,30,35)(H,32,36)/t20-/m0/s1. The average molecular weight is 515 g/mol. The summed E-state index contributed by atoms with van der Waals surface area (Å²) in [5.74, 6) is -0.507. The van der Waals surface area contributed by atoms with Crippen molar-refractivity contribution in [2.75, 3.05) is 18.8 Å². The van der Waals surface area contributed by atoms with Crippen LogP contribution in [0.15, 0.2) is 60.9 Å². The molecule has 0 bridgehead atoms. The average Bonchev–Trinajstić information content (AvgIpc) is 3.48. The number of nitrogen functional groups attached to an aromatic ring is 1. The van der Waals surface area contributed by atoms with Crippen LogP contribution in [0.5, 0.6) is 0 Å². The number of piperidine rings is 1. The summed E-state index contributed by atoms with van der Waals surface area (Å²) in [5, 5.41) is 13.0. The van der Waals surface area contributed by atoms with E-state index in [9.17, 15) is 9.59 Å². The zero-order chi connectivity index (χ0) is 25.6. The topological polar surface area (TPSA) is 148 Å². The molecule has 37 heavy (non-hydrogen) atoms. The first-order chi connectivity index (χ1) is 18.1. The van der Waals surface area contributed by atoms with Gasteiger partial charge in [0.2, 0.25) is 0 Å². The summed E-state index contributed by atoms with van der Waals surface area (Å²) in [6.45, 7) is 2.04. The number of nitrogens with two attached hydrogens (primary N) is 1. The Hall–Kier alpha value is -4.22. The van der Waals surface area contributed by atoms with Crippen LogP contribution in [0.25, 0.3) is 21.7 Å². The van der Waals surface area contributed by atoms with Crippen molar-refractivity contribution < 1.29 is 9.59 Å². The van der Waals surface area contributed by atoms with Gasteiger partial charge in [0.1, 0.15) is 0 Å². The summed E-state index contributed by atoms with van der Waals surface area (Å²) < 4.78 is 3.88. The van der Waals surface area contributed by atoms with Crippen molar-refractivity contribution in [2.24, 2.45) is 0 Å². The van der Waals surface area contributed by atoms with Crippen LogP contribution in [0, 0.1) is 0 Å². The molecule has 188 valence electrons. The molecule has 11 heteroatoms. The van der Waals surface area contributed by atoms with Crippen LogP contribution in [0.2, 0.25) is 0 Å². The van der Waals surface area contributed by atoms with E-state index in [-0.39, 0.29) is 29.4 Å². The van der Waals surface area contributed by atoms with Crippen LogP contribution in [-0.2, 0) is 6.54 Å². The number of nitrogens with zero attached hydrogens (tertiary/aromatic N) is 4. The lowest BCUT2D eigenvalue weighted by molar-refractivity contribution is 0.0923. The molecule has 10 nitrogen and oxygen atoms in total. The van der Waals surface area contributed by atoms with E-state index in [0.29, 0.717) is 29.9 Å². The first-order valence-electron chi connectivity index (χ1n) is 12.0. The van der Waals surface area contributed by atoms with Gasteiger partial charge < -0.3 is 21.7 Å². The summed E-state index contributed by atoms with van der Waals surface area (Å²) in [4.78, 5) is 35.3. The van der Waals surface area contributed by atoms with E-state index in [1.54, 1.807) is 24.4 Å². The van der Waals surface area contributed by atoms with Crippen molar-refractivity contribution in [1.29, 1.82) is 0 Å². The number of carbonyl (C=O) groups is 2. The SMILES string of the molecule is Nc1ncc(-c2cccc(C(=O)NCc3ccc(-c4cnns4)cc3)c2)nc1C(=O)N[C@H]1CCCNC1. The maximum absolute atomic E-state index is 12.9. The molecule has 0 aliphatic carbocycles. The zero-order valence-electron chi connectivity index (χ0n) is 20.0. The third-order valence-electron chi connectivity index (χ3n) is 6.12. The van der Waals surface area contributed by atoms with Crippen LogP contribution in [0.4, 0.5) is 5.82 Å². The van der Waals surface area contributed by atoms with E-state index in [1.165, 1.54) is 17.7 Å². The minimum absolute atomic E-state index is 0.0269. The number of carbonyl (C=O) groups excluding carboxylic acids is 2. The Morgan fingerprint density at radius 1 is 1.08 bits per heavy atom. The van der Waals surface area contributed by atoms with Gasteiger partial charge in [-0.3, -0.25) is 9.59 Å². The normalized spacial score (nSPS) is 15.2. The van der Waals surface area contributed by atoms with Crippen molar-refractivity contribution >= 4 is 29.2 Å². The molecule has 5 N–H and O–H groups in total. The Morgan fingerprint density at radius 2 is 1.95 bits per heavy atom. The number of benzene rings is 2. The third kappa shape index (κ3) is 5.96. The number of hydrogen-bond donors (Lipinski definition) is 4. The first-order valence-corrected chi connectivity index (χ1v) is 12.7. The molecule has 1 aliphatic heterocycles. The van der Waals surface area contributed by atoms with Crippen LogP contribution in [0.1, 0.15) is 39.3 Å². The van der Waals surface area contributed by atoms with E-state index >= 15 is 0 Å². The smallest absolute Gasteiger partial charge is 0.274 e. The molecule has 3 heterocycles. The molecule has 0 unspecified atom stereocenters. The summed E-state index contributed by atoms with van der Waals surface area (Å²) in [6.07, 6.45) is 5.13. The van der Waals surface area contributed by atoms with Crippen molar-refractivity contribution in [3.63, 3.8) is 0 Å². The van der Waals surface area contributed by atoms with E-state index in [1.807, 2.05) is 30.3 Å². The van der Waals surface area contributed by atoms with Gasteiger partial charge >= 0.3 is 0 Å². The minimum Gasteiger partial charge on any atom is -0.382 e. The molecule has 2 aromatic carbocycles. The predicted octanol–water partition coefficient (Wildman–Crippen LogP) is 2.66. The van der Waals surface area contributed by atoms with Crippen molar-refractivity contribution in [3.8, 4) is 21.7 Å². The van der Waals surface area contributed by atoms with Crippen molar-refractivity contribution in [1.82, 2.24) is 35.5 Å². The fraction of sp³-hybridized carbons (Fsp3) is 0.231. The highest BCUT2D eigenvalue weighted by atomic mass is 32.1. The summed E-state index contributed by atoms with van der Waals surface area (Å²) >= 11 is 1.34. The molecule has 0 saturated carbocycles. The maximum Gasteiger partial charge on any atom is 0.274 e. The lowest BCUT2D eigenvalue weighted by Crippen LogP contribution is -2.46. The highest BCUT2D eigenvalue weighted by molar-refractivity contribution is 7.09. The quantitative estimate of drug-likeness (QED) is 0.294. The van der Waals surface area contributed by atoms with E-state index < -0.39 is 0 Å². The van der Waals surface area contributed by atoms with Gasteiger partial charge in [-0.25, -0.2) is 9.97 Å². The number of nitrogens with one attached hydrogen (secondary N) is 3. The molecule has 1 fully saturated rings. The Balaban J connectivity index is 1.25. The second kappa shape index (κ2) is 11.2. The van der Waals surface area contributed by atoms with Gasteiger partial charge in [0, 0.05) is 30.3 Å². The number of aromatic nitrogens is 4. The molecular formula is C26H26N8O2S. The van der Waals surface area contributed by atoms with Crippen molar-refractivity contribution in [2.45, 2.75) is 25.4 Å². The van der Waals surface area contributed by atoms with Crippen LogP contribution < -0.4 is 21.7 Å². The number of hydrogen-bond acceptors (Lipinski definition) is 9. The fourth-order valence-corrected chi connectivity index (χ4v) is 4.64.